The van der Waals surface area contributed by atoms with Gasteiger partial charge in [-0.05, 0) is 39.0 Å². The molecule has 1 aliphatic carbocycles. The lowest BCUT2D eigenvalue weighted by molar-refractivity contribution is -0.421. The number of rotatable bonds is 2. The van der Waals surface area contributed by atoms with Gasteiger partial charge in [0.1, 0.15) is 5.70 Å². The maximum atomic E-state index is 10.9. The highest BCUT2D eigenvalue weighted by Gasteiger charge is 2.34. The molecule has 5 nitrogen and oxygen atoms in total. The van der Waals surface area contributed by atoms with Gasteiger partial charge < -0.3 is 5.73 Å². The summed E-state index contributed by atoms with van der Waals surface area (Å²) in [5, 5.41) is 11.2. The van der Waals surface area contributed by atoms with Crippen molar-refractivity contribution in [2.75, 3.05) is 12.8 Å². The Morgan fingerprint density at radius 2 is 2.33 bits per heavy atom. The number of nitrogens with two attached hydrogens (primary N) is 1. The Morgan fingerprint density at radius 1 is 1.61 bits per heavy atom. The van der Waals surface area contributed by atoms with Crippen molar-refractivity contribution < 1.29 is 4.92 Å². The molecule has 2 N–H and O–H groups in total. The highest BCUT2D eigenvalue weighted by Crippen LogP contribution is 2.36. The minimum Gasteiger partial charge on any atom is -0.393 e. The summed E-state index contributed by atoms with van der Waals surface area (Å²) < 4.78 is 0. The molecule has 3 unspecified atom stereocenters. The van der Waals surface area contributed by atoms with Gasteiger partial charge in [-0.3, -0.25) is 15.0 Å². The highest BCUT2D eigenvalue weighted by molar-refractivity contribution is 8.00. The molecule has 0 bridgehead atoms. The Hall–Kier alpha value is -1.01. The summed E-state index contributed by atoms with van der Waals surface area (Å²) in [6.45, 7) is 2.21. The highest BCUT2D eigenvalue weighted by atomic mass is 32.2. The molecule has 1 fully saturated rings. The van der Waals surface area contributed by atoms with Crippen LogP contribution in [0.25, 0.3) is 0 Å². The summed E-state index contributed by atoms with van der Waals surface area (Å²) >= 11 is 1.92. The van der Waals surface area contributed by atoms with E-state index in [1.54, 1.807) is 6.08 Å². The molecule has 0 aromatic heterocycles. The van der Waals surface area contributed by atoms with E-state index < -0.39 is 0 Å². The number of hydrogen-bond acceptors (Lipinski definition) is 5. The van der Waals surface area contributed by atoms with Crippen molar-refractivity contribution in [2.45, 2.75) is 31.2 Å². The van der Waals surface area contributed by atoms with Crippen LogP contribution in [0.15, 0.2) is 23.5 Å². The maximum absolute atomic E-state index is 10.9. The van der Waals surface area contributed by atoms with Gasteiger partial charge in [-0.1, -0.05) is 0 Å². The van der Waals surface area contributed by atoms with E-state index in [1.807, 2.05) is 17.8 Å². The third-order valence-electron chi connectivity index (χ3n) is 3.69. The van der Waals surface area contributed by atoms with Crippen LogP contribution in [0.1, 0.15) is 19.8 Å². The predicted molar refractivity (Wildman–Crippen MR) is 73.5 cm³/mol. The van der Waals surface area contributed by atoms with E-state index in [-0.39, 0.29) is 10.6 Å². The molecule has 0 aromatic rings. The molecular formula is C12H19N3O2S. The van der Waals surface area contributed by atoms with Crippen molar-refractivity contribution in [3.8, 4) is 0 Å². The maximum Gasteiger partial charge on any atom is 0.287 e. The van der Waals surface area contributed by atoms with Crippen molar-refractivity contribution in [1.82, 2.24) is 4.90 Å². The van der Waals surface area contributed by atoms with E-state index in [1.165, 1.54) is 0 Å². The van der Waals surface area contributed by atoms with Crippen LogP contribution < -0.4 is 5.73 Å². The Labute approximate surface area is 111 Å². The quantitative estimate of drug-likeness (QED) is 0.611. The average Bonchev–Trinajstić information content (AvgIpc) is 2.53. The molecule has 100 valence electrons. The van der Waals surface area contributed by atoms with Gasteiger partial charge in [0.05, 0.1) is 10.3 Å². The van der Waals surface area contributed by atoms with Crippen molar-refractivity contribution >= 4 is 11.8 Å². The molecular weight excluding hydrogens is 250 g/mol. The lowest BCUT2D eigenvalue weighted by Gasteiger charge is -2.27. The number of hydrogen-bond donors (Lipinski definition) is 1. The minimum atomic E-state index is -0.387. The normalized spacial score (nSPS) is 33.8. The van der Waals surface area contributed by atoms with Gasteiger partial charge in [0.2, 0.25) is 0 Å². The summed E-state index contributed by atoms with van der Waals surface area (Å²) in [6, 6.07) is 0.556. The van der Waals surface area contributed by atoms with Crippen LogP contribution in [0.5, 0.6) is 0 Å². The SMILES string of the molecule is CC1CSC(C2C=C(N)C([N+](=O)[O-])=CCC2)N1C. The van der Waals surface area contributed by atoms with Crippen molar-refractivity contribution in [3.05, 3.63) is 33.7 Å². The molecule has 1 aliphatic heterocycles. The first-order valence-corrected chi connectivity index (χ1v) is 7.21. The van der Waals surface area contributed by atoms with E-state index in [9.17, 15) is 10.1 Å². The van der Waals surface area contributed by atoms with Crippen LogP contribution in [-0.2, 0) is 0 Å². The predicted octanol–water partition coefficient (Wildman–Crippen LogP) is 1.79. The largest absolute Gasteiger partial charge is 0.393 e. The van der Waals surface area contributed by atoms with Crippen molar-refractivity contribution in [3.63, 3.8) is 0 Å². The van der Waals surface area contributed by atoms with E-state index in [4.69, 9.17) is 5.73 Å². The summed E-state index contributed by atoms with van der Waals surface area (Å²) in [4.78, 5) is 12.8. The van der Waals surface area contributed by atoms with E-state index in [2.05, 4.69) is 18.9 Å². The molecule has 1 heterocycles. The molecule has 0 saturated carbocycles. The van der Waals surface area contributed by atoms with Crippen LogP contribution >= 0.6 is 11.8 Å². The summed E-state index contributed by atoms with van der Waals surface area (Å²) in [5.74, 6) is 1.40. The lowest BCUT2D eigenvalue weighted by Crippen LogP contribution is -2.34. The summed E-state index contributed by atoms with van der Waals surface area (Å²) in [5.41, 5.74) is 6.22. The fourth-order valence-corrected chi connectivity index (χ4v) is 4.10. The number of nitro groups is 1. The van der Waals surface area contributed by atoms with E-state index >= 15 is 0 Å². The average molecular weight is 269 g/mol. The van der Waals surface area contributed by atoms with E-state index in [0.717, 1.165) is 18.6 Å². The first-order valence-electron chi connectivity index (χ1n) is 6.16. The van der Waals surface area contributed by atoms with Crippen LogP contribution in [0, 0.1) is 16.0 Å². The standard InChI is InChI=1S/C12H19N3O2S/c1-8-7-18-12(14(8)2)9-4-3-5-11(15(16)17)10(13)6-9/h5-6,8-9,12H,3-4,7,13H2,1-2H3. The fourth-order valence-electron chi connectivity index (χ4n) is 2.48. The third kappa shape index (κ3) is 2.54. The second-order valence-corrected chi connectivity index (χ2v) is 6.10. The number of nitrogens with zero attached hydrogens (tertiary/aromatic N) is 2. The van der Waals surface area contributed by atoms with Crippen molar-refractivity contribution in [2.24, 2.45) is 11.7 Å². The monoisotopic (exact) mass is 269 g/mol. The van der Waals surface area contributed by atoms with Gasteiger partial charge in [-0.25, -0.2) is 0 Å². The second-order valence-electron chi connectivity index (χ2n) is 4.95. The molecule has 0 radical (unpaired) electrons. The summed E-state index contributed by atoms with van der Waals surface area (Å²) in [7, 11) is 2.12. The number of thioether (sulfide) groups is 1. The van der Waals surface area contributed by atoms with Crippen LogP contribution in [0.3, 0.4) is 0 Å². The first kappa shape index (κ1) is 13.4. The molecule has 0 spiro atoms. The minimum absolute atomic E-state index is 0.0659. The second kappa shape index (κ2) is 5.32. The van der Waals surface area contributed by atoms with Crippen LogP contribution in [0.4, 0.5) is 0 Å². The Balaban J connectivity index is 2.16. The Bertz CT molecular complexity index is 408. The molecule has 3 atom stereocenters. The van der Waals surface area contributed by atoms with Gasteiger partial charge in [-0.15, -0.1) is 11.8 Å². The van der Waals surface area contributed by atoms with Gasteiger partial charge in [0.25, 0.3) is 5.70 Å². The molecule has 6 heteroatoms. The van der Waals surface area contributed by atoms with E-state index in [0.29, 0.717) is 23.0 Å². The zero-order valence-electron chi connectivity index (χ0n) is 10.7. The molecule has 0 aromatic carbocycles. The smallest absolute Gasteiger partial charge is 0.287 e. The number of allylic oxidation sites excluding steroid dienone is 1. The molecule has 18 heavy (non-hydrogen) atoms. The zero-order valence-corrected chi connectivity index (χ0v) is 11.5. The fraction of sp³-hybridized carbons (Fsp3) is 0.667. The topological polar surface area (TPSA) is 72.4 Å². The summed E-state index contributed by atoms with van der Waals surface area (Å²) in [6.07, 6.45) is 5.17. The van der Waals surface area contributed by atoms with Gasteiger partial charge in [0.15, 0.2) is 0 Å². The molecule has 0 amide bonds. The zero-order chi connectivity index (χ0) is 13.3. The van der Waals surface area contributed by atoms with Crippen LogP contribution in [0.2, 0.25) is 0 Å². The van der Waals surface area contributed by atoms with Gasteiger partial charge in [0, 0.05) is 17.7 Å². The molecule has 2 rings (SSSR count). The van der Waals surface area contributed by atoms with Crippen LogP contribution in [-0.4, -0.2) is 34.0 Å². The van der Waals surface area contributed by atoms with Gasteiger partial charge in [-0.2, -0.15) is 0 Å². The molecule has 1 saturated heterocycles. The Morgan fingerprint density at radius 3 is 2.89 bits per heavy atom. The van der Waals surface area contributed by atoms with Crippen molar-refractivity contribution in [1.29, 1.82) is 0 Å². The lowest BCUT2D eigenvalue weighted by atomic mass is 10.0. The van der Waals surface area contributed by atoms with Gasteiger partial charge >= 0.3 is 0 Å². The molecule has 2 aliphatic rings. The first-order chi connectivity index (χ1) is 8.50. The Kier molecular flexibility index (Phi) is 3.97. The third-order valence-corrected chi connectivity index (χ3v) is 5.39.